The molecular formula is C10H18O. The molecule has 0 radical (unpaired) electrons. The topological polar surface area (TPSA) is 20.2 Å². The van der Waals surface area contributed by atoms with Crippen LogP contribution in [0, 0.1) is 23.7 Å². The molecule has 0 amide bonds. The molecule has 2 aliphatic carbocycles. The average Bonchev–Trinajstić information content (AvgIpc) is 2.80. The van der Waals surface area contributed by atoms with Crippen LogP contribution < -0.4 is 0 Å². The van der Waals surface area contributed by atoms with Gasteiger partial charge in [-0.05, 0) is 49.4 Å². The lowest BCUT2D eigenvalue weighted by atomic mass is 9.81. The zero-order valence-corrected chi connectivity index (χ0v) is 7.29. The van der Waals surface area contributed by atoms with E-state index in [-0.39, 0.29) is 0 Å². The van der Waals surface area contributed by atoms with Gasteiger partial charge in [-0.3, -0.25) is 0 Å². The monoisotopic (exact) mass is 154 g/mol. The van der Waals surface area contributed by atoms with Crippen LogP contribution in [0.5, 0.6) is 0 Å². The molecule has 0 aliphatic heterocycles. The summed E-state index contributed by atoms with van der Waals surface area (Å²) < 4.78 is 0. The molecule has 0 heterocycles. The third-order valence-corrected chi connectivity index (χ3v) is 3.68. The lowest BCUT2D eigenvalue weighted by Gasteiger charge is -2.25. The molecule has 2 aliphatic rings. The molecule has 0 saturated heterocycles. The molecule has 2 fully saturated rings. The van der Waals surface area contributed by atoms with E-state index < -0.39 is 0 Å². The molecule has 64 valence electrons. The highest BCUT2D eigenvalue weighted by Crippen LogP contribution is 2.52. The van der Waals surface area contributed by atoms with E-state index in [4.69, 9.17) is 5.11 Å². The van der Waals surface area contributed by atoms with E-state index >= 15 is 0 Å². The maximum Gasteiger partial charge on any atom is 0.0459 e. The van der Waals surface area contributed by atoms with Gasteiger partial charge in [-0.15, -0.1) is 0 Å². The van der Waals surface area contributed by atoms with Gasteiger partial charge in [-0.1, -0.05) is 6.92 Å². The Balaban J connectivity index is 1.84. The number of aliphatic hydroxyl groups excluding tert-OH is 1. The van der Waals surface area contributed by atoms with Crippen LogP contribution in [0.25, 0.3) is 0 Å². The third kappa shape index (κ3) is 1.44. The zero-order valence-electron chi connectivity index (χ0n) is 7.29. The van der Waals surface area contributed by atoms with Gasteiger partial charge in [0.2, 0.25) is 0 Å². The van der Waals surface area contributed by atoms with Crippen molar-refractivity contribution in [2.24, 2.45) is 23.7 Å². The van der Waals surface area contributed by atoms with Crippen molar-refractivity contribution >= 4 is 0 Å². The number of aliphatic hydroxyl groups is 1. The zero-order chi connectivity index (χ0) is 7.84. The van der Waals surface area contributed by atoms with Crippen LogP contribution in [0.2, 0.25) is 0 Å². The second-order valence-corrected chi connectivity index (χ2v) is 4.49. The Kier molecular flexibility index (Phi) is 1.92. The molecule has 1 nitrogen and oxygen atoms in total. The Morgan fingerprint density at radius 1 is 1.27 bits per heavy atom. The van der Waals surface area contributed by atoms with Gasteiger partial charge in [0, 0.05) is 6.61 Å². The van der Waals surface area contributed by atoms with E-state index in [1.807, 2.05) is 0 Å². The lowest BCUT2D eigenvalue weighted by Crippen LogP contribution is -2.19. The van der Waals surface area contributed by atoms with Gasteiger partial charge >= 0.3 is 0 Å². The van der Waals surface area contributed by atoms with Crippen molar-refractivity contribution in [2.45, 2.75) is 32.6 Å². The van der Waals surface area contributed by atoms with Crippen LogP contribution in [0.1, 0.15) is 32.6 Å². The highest BCUT2D eigenvalue weighted by Gasteiger charge is 2.42. The van der Waals surface area contributed by atoms with Crippen LogP contribution in [0.3, 0.4) is 0 Å². The summed E-state index contributed by atoms with van der Waals surface area (Å²) in [7, 11) is 0. The van der Waals surface area contributed by atoms with Gasteiger partial charge in [-0.2, -0.15) is 0 Å². The molecule has 0 aromatic carbocycles. The fourth-order valence-electron chi connectivity index (χ4n) is 2.55. The van der Waals surface area contributed by atoms with E-state index in [2.05, 4.69) is 6.92 Å². The molecular weight excluding hydrogens is 136 g/mol. The summed E-state index contributed by atoms with van der Waals surface area (Å²) in [5, 5.41) is 8.99. The molecule has 1 N–H and O–H groups in total. The van der Waals surface area contributed by atoms with Crippen molar-refractivity contribution in [3.8, 4) is 0 Å². The Morgan fingerprint density at radius 2 is 2.09 bits per heavy atom. The minimum absolute atomic E-state index is 0.391. The predicted octanol–water partition coefficient (Wildman–Crippen LogP) is 2.05. The SMILES string of the molecule is C[C@@H](CO)C1CCC2CC2C1. The minimum Gasteiger partial charge on any atom is -0.396 e. The van der Waals surface area contributed by atoms with Crippen LogP contribution in [0.15, 0.2) is 0 Å². The van der Waals surface area contributed by atoms with E-state index in [0.717, 1.165) is 17.8 Å². The summed E-state index contributed by atoms with van der Waals surface area (Å²) in [5.41, 5.74) is 0. The Labute approximate surface area is 68.8 Å². The first kappa shape index (κ1) is 7.60. The molecule has 0 aromatic heterocycles. The van der Waals surface area contributed by atoms with Gasteiger partial charge in [0.1, 0.15) is 0 Å². The summed E-state index contributed by atoms with van der Waals surface area (Å²) in [5.74, 6) is 3.54. The summed E-state index contributed by atoms with van der Waals surface area (Å²) in [6, 6.07) is 0. The fourth-order valence-corrected chi connectivity index (χ4v) is 2.55. The highest BCUT2D eigenvalue weighted by atomic mass is 16.3. The highest BCUT2D eigenvalue weighted by molar-refractivity contribution is 4.93. The first-order valence-electron chi connectivity index (χ1n) is 4.92. The largest absolute Gasteiger partial charge is 0.396 e. The van der Waals surface area contributed by atoms with E-state index in [1.54, 1.807) is 0 Å². The molecule has 3 unspecified atom stereocenters. The number of fused-ring (bicyclic) bond motifs is 1. The quantitative estimate of drug-likeness (QED) is 0.645. The van der Waals surface area contributed by atoms with Crippen LogP contribution >= 0.6 is 0 Å². The van der Waals surface area contributed by atoms with Crippen LogP contribution in [-0.4, -0.2) is 11.7 Å². The average molecular weight is 154 g/mol. The maximum absolute atomic E-state index is 8.99. The standard InChI is InChI=1S/C10H18O/c1-7(6-11)8-2-3-9-5-10(9)4-8/h7-11H,2-6H2,1H3/t7-,8?,9?,10?/m0/s1. The van der Waals surface area contributed by atoms with Gasteiger partial charge in [0.05, 0.1) is 0 Å². The smallest absolute Gasteiger partial charge is 0.0459 e. The summed E-state index contributed by atoms with van der Waals surface area (Å²) in [4.78, 5) is 0. The maximum atomic E-state index is 8.99. The fraction of sp³-hybridized carbons (Fsp3) is 1.00. The predicted molar refractivity (Wildman–Crippen MR) is 45.2 cm³/mol. The third-order valence-electron chi connectivity index (χ3n) is 3.68. The van der Waals surface area contributed by atoms with E-state index in [9.17, 15) is 0 Å². The van der Waals surface area contributed by atoms with Crippen molar-refractivity contribution in [3.63, 3.8) is 0 Å². The molecule has 0 aromatic rings. The van der Waals surface area contributed by atoms with E-state index in [0.29, 0.717) is 12.5 Å². The molecule has 0 bridgehead atoms. The van der Waals surface area contributed by atoms with Crippen molar-refractivity contribution < 1.29 is 5.11 Å². The molecule has 2 saturated carbocycles. The molecule has 4 atom stereocenters. The Morgan fingerprint density at radius 3 is 2.73 bits per heavy atom. The number of rotatable bonds is 2. The summed E-state index contributed by atoms with van der Waals surface area (Å²) in [6.07, 6.45) is 5.73. The van der Waals surface area contributed by atoms with Crippen LogP contribution in [-0.2, 0) is 0 Å². The Bertz CT molecular complexity index is 144. The van der Waals surface area contributed by atoms with Crippen molar-refractivity contribution in [3.05, 3.63) is 0 Å². The number of hydrogen-bond acceptors (Lipinski definition) is 1. The van der Waals surface area contributed by atoms with Gasteiger partial charge < -0.3 is 5.11 Å². The van der Waals surface area contributed by atoms with E-state index in [1.165, 1.54) is 25.7 Å². The Hall–Kier alpha value is -0.0400. The molecule has 2 rings (SSSR count). The van der Waals surface area contributed by atoms with Crippen LogP contribution in [0.4, 0.5) is 0 Å². The minimum atomic E-state index is 0.391. The van der Waals surface area contributed by atoms with Crippen molar-refractivity contribution in [1.82, 2.24) is 0 Å². The van der Waals surface area contributed by atoms with Gasteiger partial charge in [-0.25, -0.2) is 0 Å². The molecule has 0 spiro atoms. The second-order valence-electron chi connectivity index (χ2n) is 4.49. The van der Waals surface area contributed by atoms with Gasteiger partial charge in [0.25, 0.3) is 0 Å². The van der Waals surface area contributed by atoms with Crippen molar-refractivity contribution in [1.29, 1.82) is 0 Å². The normalized spacial score (nSPS) is 44.7. The molecule has 1 heteroatoms. The van der Waals surface area contributed by atoms with Crippen molar-refractivity contribution in [2.75, 3.05) is 6.61 Å². The number of hydrogen-bond donors (Lipinski definition) is 1. The molecule has 11 heavy (non-hydrogen) atoms. The first-order valence-corrected chi connectivity index (χ1v) is 4.92. The lowest BCUT2D eigenvalue weighted by molar-refractivity contribution is 0.157. The van der Waals surface area contributed by atoms with Gasteiger partial charge in [0.15, 0.2) is 0 Å². The summed E-state index contributed by atoms with van der Waals surface area (Å²) in [6.45, 7) is 2.58. The first-order chi connectivity index (χ1) is 5.31. The second kappa shape index (κ2) is 2.78. The summed E-state index contributed by atoms with van der Waals surface area (Å²) >= 11 is 0.